The second kappa shape index (κ2) is 10.1. The molecule has 9 heteroatoms. The van der Waals surface area contributed by atoms with Crippen molar-refractivity contribution in [3.05, 3.63) is 54.1 Å². The van der Waals surface area contributed by atoms with Crippen LogP contribution in [0.2, 0.25) is 0 Å². The topological polar surface area (TPSA) is 136 Å². The van der Waals surface area contributed by atoms with Gasteiger partial charge in [-0.2, -0.15) is 0 Å². The molecule has 1 aromatic heterocycles. The zero-order chi connectivity index (χ0) is 20.5. The lowest BCUT2D eigenvalue weighted by Crippen LogP contribution is -2.56. The van der Waals surface area contributed by atoms with Crippen molar-refractivity contribution in [1.82, 2.24) is 20.6 Å². The number of imidazole rings is 1. The van der Waals surface area contributed by atoms with Crippen molar-refractivity contribution in [3.63, 3.8) is 0 Å². The maximum atomic E-state index is 12.6. The minimum absolute atomic E-state index is 0.0404. The number of nitrogens with one attached hydrogen (secondary N) is 3. The Bertz CT molecular complexity index is 777. The molecule has 2 aromatic rings. The summed E-state index contributed by atoms with van der Waals surface area (Å²) in [6.07, 6.45) is 2.24. The van der Waals surface area contributed by atoms with Crippen LogP contribution in [0.5, 0.6) is 0 Å². The van der Waals surface area contributed by atoms with Gasteiger partial charge >= 0.3 is 6.09 Å². The normalized spacial score (nSPS) is 12.8. The first-order chi connectivity index (χ1) is 13.4. The second-order valence-electron chi connectivity index (χ2n) is 6.59. The molecule has 0 saturated carbocycles. The Morgan fingerprint density at radius 2 is 1.89 bits per heavy atom. The number of aromatic amines is 1. The molecule has 9 nitrogen and oxygen atoms in total. The number of carboxylic acids is 1. The van der Waals surface area contributed by atoms with Gasteiger partial charge in [0.25, 0.3) is 0 Å². The Kier molecular flexibility index (Phi) is 7.55. The van der Waals surface area contributed by atoms with Crippen molar-refractivity contribution < 1.29 is 24.2 Å². The van der Waals surface area contributed by atoms with Crippen LogP contribution >= 0.6 is 0 Å². The molecule has 0 aliphatic rings. The van der Waals surface area contributed by atoms with E-state index >= 15 is 0 Å². The molecule has 2 rings (SSSR count). The number of aromatic nitrogens is 2. The van der Waals surface area contributed by atoms with Crippen LogP contribution in [0.4, 0.5) is 4.79 Å². The number of benzene rings is 1. The third-order valence-corrected chi connectivity index (χ3v) is 4.02. The van der Waals surface area contributed by atoms with Crippen molar-refractivity contribution in [3.8, 4) is 0 Å². The van der Waals surface area contributed by atoms with Crippen molar-refractivity contribution >= 4 is 18.0 Å². The number of carbonyl (C=O) groups is 3. The summed E-state index contributed by atoms with van der Waals surface area (Å²) >= 11 is 0. The number of alkyl carbamates (subject to hydrolysis) is 1. The van der Waals surface area contributed by atoms with Crippen LogP contribution in [0.3, 0.4) is 0 Å². The summed E-state index contributed by atoms with van der Waals surface area (Å²) < 4.78 is 5.14. The number of hydrogen-bond acceptors (Lipinski definition) is 6. The van der Waals surface area contributed by atoms with E-state index in [0.29, 0.717) is 5.69 Å². The summed E-state index contributed by atoms with van der Waals surface area (Å²) in [6, 6.07) is 6.85. The highest BCUT2D eigenvalue weighted by atomic mass is 16.5. The van der Waals surface area contributed by atoms with Crippen LogP contribution in [0.15, 0.2) is 42.9 Å². The number of carbonyl (C=O) groups excluding carboxylic acids is 3. The zero-order valence-electron chi connectivity index (χ0n) is 15.7. The van der Waals surface area contributed by atoms with Crippen molar-refractivity contribution in [1.29, 1.82) is 0 Å². The smallest absolute Gasteiger partial charge is 0.408 e. The molecule has 0 aliphatic heterocycles. The maximum Gasteiger partial charge on any atom is 0.408 e. The van der Waals surface area contributed by atoms with E-state index in [1.807, 2.05) is 18.2 Å². The largest absolute Gasteiger partial charge is 0.548 e. The van der Waals surface area contributed by atoms with E-state index in [-0.39, 0.29) is 18.9 Å². The first-order valence-corrected chi connectivity index (χ1v) is 8.82. The third-order valence-electron chi connectivity index (χ3n) is 4.02. The summed E-state index contributed by atoms with van der Waals surface area (Å²) in [4.78, 5) is 42.7. The molecule has 0 bridgehead atoms. The van der Waals surface area contributed by atoms with Gasteiger partial charge in [-0.25, -0.2) is 9.78 Å². The van der Waals surface area contributed by atoms with Gasteiger partial charge in [0, 0.05) is 18.3 Å². The Labute approximate surface area is 162 Å². The minimum Gasteiger partial charge on any atom is -0.548 e. The van der Waals surface area contributed by atoms with Gasteiger partial charge in [-0.15, -0.1) is 0 Å². The number of carboxylic acid groups (broad SMARTS) is 1. The first kappa shape index (κ1) is 20.9. The number of nitrogens with zero attached hydrogens (tertiary/aromatic N) is 1. The van der Waals surface area contributed by atoms with E-state index < -0.39 is 30.1 Å². The van der Waals surface area contributed by atoms with Gasteiger partial charge in [0.15, 0.2) is 0 Å². The van der Waals surface area contributed by atoms with Crippen molar-refractivity contribution in [2.75, 3.05) is 0 Å². The molecule has 0 unspecified atom stereocenters. The van der Waals surface area contributed by atoms with Crippen LogP contribution in [0.1, 0.15) is 25.1 Å². The van der Waals surface area contributed by atoms with E-state index in [9.17, 15) is 19.5 Å². The zero-order valence-corrected chi connectivity index (χ0v) is 15.7. The fourth-order valence-corrected chi connectivity index (χ4v) is 2.48. The third kappa shape index (κ3) is 6.42. The summed E-state index contributed by atoms with van der Waals surface area (Å²) in [5.41, 5.74) is 1.39. The molecule has 2 atom stereocenters. The van der Waals surface area contributed by atoms with E-state index in [1.165, 1.54) is 12.5 Å². The van der Waals surface area contributed by atoms with Crippen LogP contribution in [-0.2, 0) is 27.4 Å². The highest BCUT2D eigenvalue weighted by Crippen LogP contribution is 2.05. The molecule has 2 amide bonds. The van der Waals surface area contributed by atoms with Gasteiger partial charge in [0.2, 0.25) is 5.91 Å². The van der Waals surface area contributed by atoms with Gasteiger partial charge in [0.05, 0.1) is 18.3 Å². The molecule has 1 heterocycles. The molecular weight excluding hydrogens is 364 g/mol. The predicted molar refractivity (Wildman–Crippen MR) is 97.6 cm³/mol. The highest BCUT2D eigenvalue weighted by molar-refractivity contribution is 5.89. The average Bonchev–Trinajstić information content (AvgIpc) is 3.17. The van der Waals surface area contributed by atoms with E-state index in [4.69, 9.17) is 4.74 Å². The molecular formula is C19H23N4O5-. The monoisotopic (exact) mass is 387 g/mol. The van der Waals surface area contributed by atoms with Crippen molar-refractivity contribution in [2.24, 2.45) is 5.92 Å². The summed E-state index contributed by atoms with van der Waals surface area (Å²) in [5.74, 6) is -2.43. The number of aliphatic carboxylic acids is 1. The van der Waals surface area contributed by atoms with Gasteiger partial charge in [-0.1, -0.05) is 44.2 Å². The second-order valence-corrected chi connectivity index (χ2v) is 6.59. The van der Waals surface area contributed by atoms with Crippen LogP contribution in [0.25, 0.3) is 0 Å². The lowest BCUT2D eigenvalue weighted by atomic mass is 10.0. The van der Waals surface area contributed by atoms with Gasteiger partial charge in [0.1, 0.15) is 12.6 Å². The first-order valence-electron chi connectivity index (χ1n) is 8.82. The standard InChI is InChI=1S/C19H24N4O5/c1-12(2)16(18(25)26)23-17(24)15(8-14-9-20-11-21-14)22-19(27)28-10-13-6-4-3-5-7-13/h3-7,9,11-12,15-16H,8,10H2,1-2H3,(H,20,21)(H,22,27)(H,23,24)(H,25,26)/p-1/t15-,16-/m0/s1. The van der Waals surface area contributed by atoms with Crippen molar-refractivity contribution in [2.45, 2.75) is 39.0 Å². The molecule has 0 radical (unpaired) electrons. The average molecular weight is 387 g/mol. The molecule has 0 spiro atoms. The predicted octanol–water partition coefficient (Wildman–Crippen LogP) is 0.138. The molecule has 1 aromatic carbocycles. The molecule has 3 N–H and O–H groups in total. The Balaban J connectivity index is 2.02. The fourth-order valence-electron chi connectivity index (χ4n) is 2.48. The maximum absolute atomic E-state index is 12.6. The molecule has 0 fully saturated rings. The number of rotatable bonds is 9. The Morgan fingerprint density at radius 3 is 2.46 bits per heavy atom. The number of amides is 2. The minimum atomic E-state index is -1.39. The van der Waals surface area contributed by atoms with Crippen LogP contribution in [-0.4, -0.2) is 40.0 Å². The quantitative estimate of drug-likeness (QED) is 0.560. The lowest BCUT2D eigenvalue weighted by molar-refractivity contribution is -0.309. The number of hydrogen-bond donors (Lipinski definition) is 3. The van der Waals surface area contributed by atoms with Crippen LogP contribution < -0.4 is 15.7 Å². The van der Waals surface area contributed by atoms with E-state index in [2.05, 4.69) is 20.6 Å². The number of ether oxygens (including phenoxy) is 1. The van der Waals surface area contributed by atoms with E-state index in [1.54, 1.807) is 26.0 Å². The molecule has 0 saturated heterocycles. The Hall–Kier alpha value is -3.36. The lowest BCUT2D eigenvalue weighted by Gasteiger charge is -2.26. The summed E-state index contributed by atoms with van der Waals surface area (Å²) in [7, 11) is 0. The fraction of sp³-hybridized carbons (Fsp3) is 0.368. The highest BCUT2D eigenvalue weighted by Gasteiger charge is 2.26. The van der Waals surface area contributed by atoms with Gasteiger partial charge in [-0.3, -0.25) is 4.79 Å². The molecule has 150 valence electrons. The van der Waals surface area contributed by atoms with E-state index in [0.717, 1.165) is 5.56 Å². The van der Waals surface area contributed by atoms with Crippen LogP contribution in [0, 0.1) is 5.92 Å². The summed E-state index contributed by atoms with van der Waals surface area (Å²) in [6.45, 7) is 3.33. The Morgan fingerprint density at radius 1 is 1.18 bits per heavy atom. The molecule has 28 heavy (non-hydrogen) atoms. The van der Waals surface area contributed by atoms with Gasteiger partial charge < -0.3 is 30.3 Å². The number of H-pyrrole nitrogens is 1. The van der Waals surface area contributed by atoms with Gasteiger partial charge in [-0.05, 0) is 11.5 Å². The summed E-state index contributed by atoms with van der Waals surface area (Å²) in [5, 5.41) is 16.1. The molecule has 0 aliphatic carbocycles. The SMILES string of the molecule is CC(C)[C@H](NC(=O)[C@H](Cc1cnc[nH]1)NC(=O)OCc1ccccc1)C(=O)[O-].